The van der Waals surface area contributed by atoms with Gasteiger partial charge in [-0.15, -0.1) is 0 Å². The van der Waals surface area contributed by atoms with Crippen LogP contribution in [0.5, 0.6) is 0 Å². The lowest BCUT2D eigenvalue weighted by atomic mass is 10.2. The average molecular weight is 285 g/mol. The van der Waals surface area contributed by atoms with Gasteiger partial charge in [0.25, 0.3) is 0 Å². The van der Waals surface area contributed by atoms with E-state index in [1.807, 2.05) is 39.0 Å². The van der Waals surface area contributed by atoms with Gasteiger partial charge in [-0.2, -0.15) is 12.7 Å². The number of nitrogens with zero attached hydrogens (tertiary/aromatic N) is 1. The summed E-state index contributed by atoms with van der Waals surface area (Å²) in [6.07, 6.45) is 0. The zero-order valence-corrected chi connectivity index (χ0v) is 12.6. The molecule has 0 aliphatic carbocycles. The van der Waals surface area contributed by atoms with E-state index >= 15 is 0 Å². The molecule has 0 spiro atoms. The Kier molecular flexibility index (Phi) is 6.27. The van der Waals surface area contributed by atoms with Gasteiger partial charge in [-0.05, 0) is 18.2 Å². The standard InChI is InChI=1S/C13H23N3O2S/c1-4-14-11-12-9-7-8-10-13(12)15-19(17,18)16(5-2)6-3/h7-10,14-15H,4-6,11H2,1-3H3. The monoisotopic (exact) mass is 285 g/mol. The minimum Gasteiger partial charge on any atom is -0.313 e. The van der Waals surface area contributed by atoms with E-state index in [2.05, 4.69) is 10.0 Å². The number of hydrogen-bond acceptors (Lipinski definition) is 3. The highest BCUT2D eigenvalue weighted by Gasteiger charge is 2.19. The maximum atomic E-state index is 12.2. The van der Waals surface area contributed by atoms with Crippen molar-refractivity contribution in [1.82, 2.24) is 9.62 Å². The van der Waals surface area contributed by atoms with Gasteiger partial charge >= 0.3 is 10.2 Å². The molecule has 108 valence electrons. The second-order valence-corrected chi connectivity index (χ2v) is 5.80. The summed E-state index contributed by atoms with van der Waals surface area (Å²) in [4.78, 5) is 0. The molecule has 5 nitrogen and oxygen atoms in total. The van der Waals surface area contributed by atoms with Crippen molar-refractivity contribution in [3.8, 4) is 0 Å². The Bertz CT molecular complexity index is 484. The first-order valence-corrected chi connectivity index (χ1v) is 8.05. The molecule has 1 aromatic rings. The van der Waals surface area contributed by atoms with Crippen molar-refractivity contribution in [2.75, 3.05) is 24.4 Å². The van der Waals surface area contributed by atoms with Gasteiger partial charge < -0.3 is 5.32 Å². The van der Waals surface area contributed by atoms with Gasteiger partial charge in [0.05, 0.1) is 5.69 Å². The van der Waals surface area contributed by atoms with Crippen molar-refractivity contribution < 1.29 is 8.42 Å². The molecule has 0 amide bonds. The molecule has 1 aromatic carbocycles. The molecule has 1 rings (SSSR count). The van der Waals surface area contributed by atoms with E-state index in [0.29, 0.717) is 25.3 Å². The summed E-state index contributed by atoms with van der Waals surface area (Å²) in [5.41, 5.74) is 1.58. The maximum absolute atomic E-state index is 12.2. The van der Waals surface area contributed by atoms with E-state index < -0.39 is 10.2 Å². The molecule has 0 fully saturated rings. The fourth-order valence-corrected chi connectivity index (χ4v) is 3.09. The fraction of sp³-hybridized carbons (Fsp3) is 0.538. The van der Waals surface area contributed by atoms with E-state index in [4.69, 9.17) is 0 Å². The zero-order valence-electron chi connectivity index (χ0n) is 11.8. The molecular weight excluding hydrogens is 262 g/mol. The first-order chi connectivity index (χ1) is 9.05. The van der Waals surface area contributed by atoms with Crippen LogP contribution in [0, 0.1) is 0 Å². The Morgan fingerprint density at radius 1 is 1.11 bits per heavy atom. The third-order valence-electron chi connectivity index (χ3n) is 2.87. The Morgan fingerprint density at radius 3 is 2.32 bits per heavy atom. The highest BCUT2D eigenvalue weighted by molar-refractivity contribution is 7.90. The SMILES string of the molecule is CCNCc1ccccc1NS(=O)(=O)N(CC)CC. The smallest absolute Gasteiger partial charge is 0.301 e. The Morgan fingerprint density at radius 2 is 1.74 bits per heavy atom. The Hall–Kier alpha value is -1.11. The number of hydrogen-bond donors (Lipinski definition) is 2. The highest BCUT2D eigenvalue weighted by Crippen LogP contribution is 2.17. The van der Waals surface area contributed by atoms with Gasteiger partial charge in [-0.1, -0.05) is 39.0 Å². The third-order valence-corrected chi connectivity index (χ3v) is 4.54. The van der Waals surface area contributed by atoms with Crippen LogP contribution in [0.2, 0.25) is 0 Å². The van der Waals surface area contributed by atoms with E-state index in [9.17, 15) is 8.42 Å². The van der Waals surface area contributed by atoms with Gasteiger partial charge in [0.2, 0.25) is 0 Å². The van der Waals surface area contributed by atoms with Crippen molar-refractivity contribution in [3.05, 3.63) is 29.8 Å². The topological polar surface area (TPSA) is 61.4 Å². The summed E-state index contributed by atoms with van der Waals surface area (Å²) in [6.45, 7) is 8.08. The molecule has 0 saturated heterocycles. The predicted molar refractivity (Wildman–Crippen MR) is 79.3 cm³/mol. The van der Waals surface area contributed by atoms with Crippen LogP contribution >= 0.6 is 0 Å². The normalized spacial score (nSPS) is 11.8. The number of nitrogens with one attached hydrogen (secondary N) is 2. The Labute approximate surface area is 116 Å². The minimum atomic E-state index is -3.47. The first kappa shape index (κ1) is 15.9. The van der Waals surface area contributed by atoms with Crippen LogP contribution in [0.1, 0.15) is 26.3 Å². The van der Waals surface area contributed by atoms with Crippen LogP contribution in [0.4, 0.5) is 5.69 Å². The van der Waals surface area contributed by atoms with Gasteiger partial charge in [0, 0.05) is 19.6 Å². The largest absolute Gasteiger partial charge is 0.313 e. The predicted octanol–water partition coefficient (Wildman–Crippen LogP) is 1.79. The molecule has 0 aromatic heterocycles. The van der Waals surface area contributed by atoms with Crippen molar-refractivity contribution >= 4 is 15.9 Å². The number of para-hydroxylation sites is 1. The zero-order chi connectivity index (χ0) is 14.3. The van der Waals surface area contributed by atoms with Crippen molar-refractivity contribution in [2.24, 2.45) is 0 Å². The maximum Gasteiger partial charge on any atom is 0.301 e. The van der Waals surface area contributed by atoms with Crippen LogP contribution in [0.15, 0.2) is 24.3 Å². The van der Waals surface area contributed by atoms with Gasteiger partial charge in [-0.25, -0.2) is 0 Å². The molecule has 0 aliphatic heterocycles. The van der Waals surface area contributed by atoms with E-state index in [0.717, 1.165) is 12.1 Å². The molecule has 2 N–H and O–H groups in total. The lowest BCUT2D eigenvalue weighted by molar-refractivity contribution is 0.449. The molecular formula is C13H23N3O2S. The van der Waals surface area contributed by atoms with E-state index in [1.54, 1.807) is 6.07 Å². The van der Waals surface area contributed by atoms with E-state index in [-0.39, 0.29) is 0 Å². The Balaban J connectivity index is 2.92. The molecule has 0 saturated carbocycles. The second-order valence-electron chi connectivity index (χ2n) is 4.13. The summed E-state index contributed by atoms with van der Waals surface area (Å²) in [5.74, 6) is 0. The lowest BCUT2D eigenvalue weighted by Gasteiger charge is -2.20. The molecule has 0 radical (unpaired) electrons. The molecule has 0 heterocycles. The molecule has 6 heteroatoms. The average Bonchev–Trinajstić information content (AvgIpc) is 2.38. The summed E-state index contributed by atoms with van der Waals surface area (Å²) in [6, 6.07) is 7.44. The summed E-state index contributed by atoms with van der Waals surface area (Å²) < 4.78 is 28.4. The molecule has 0 bridgehead atoms. The van der Waals surface area contributed by atoms with Gasteiger partial charge in [0.15, 0.2) is 0 Å². The van der Waals surface area contributed by atoms with E-state index in [1.165, 1.54) is 4.31 Å². The lowest BCUT2D eigenvalue weighted by Crippen LogP contribution is -2.35. The van der Waals surface area contributed by atoms with Crippen LogP contribution in [-0.4, -0.2) is 32.4 Å². The summed E-state index contributed by atoms with van der Waals surface area (Å²) >= 11 is 0. The molecule has 0 aliphatic rings. The van der Waals surface area contributed by atoms with Crippen molar-refractivity contribution in [1.29, 1.82) is 0 Å². The van der Waals surface area contributed by atoms with Crippen LogP contribution in [0.3, 0.4) is 0 Å². The fourth-order valence-electron chi connectivity index (χ4n) is 1.80. The molecule has 0 atom stereocenters. The van der Waals surface area contributed by atoms with Crippen LogP contribution in [0.25, 0.3) is 0 Å². The van der Waals surface area contributed by atoms with Crippen LogP contribution in [-0.2, 0) is 16.8 Å². The highest BCUT2D eigenvalue weighted by atomic mass is 32.2. The van der Waals surface area contributed by atoms with Crippen molar-refractivity contribution in [2.45, 2.75) is 27.3 Å². The van der Waals surface area contributed by atoms with Crippen molar-refractivity contribution in [3.63, 3.8) is 0 Å². The quantitative estimate of drug-likeness (QED) is 0.765. The summed E-state index contributed by atoms with van der Waals surface area (Å²) in [7, 11) is -3.47. The first-order valence-electron chi connectivity index (χ1n) is 6.61. The second kappa shape index (κ2) is 7.47. The summed E-state index contributed by atoms with van der Waals surface area (Å²) in [5, 5.41) is 3.20. The van der Waals surface area contributed by atoms with Gasteiger partial charge in [-0.3, -0.25) is 4.72 Å². The number of anilines is 1. The molecule has 0 unspecified atom stereocenters. The molecule has 19 heavy (non-hydrogen) atoms. The number of rotatable bonds is 8. The number of benzene rings is 1. The minimum absolute atomic E-state index is 0.460. The van der Waals surface area contributed by atoms with Crippen LogP contribution < -0.4 is 10.0 Å². The third kappa shape index (κ3) is 4.49. The van der Waals surface area contributed by atoms with Gasteiger partial charge in [0.1, 0.15) is 0 Å².